The van der Waals surface area contributed by atoms with Gasteiger partial charge in [-0.1, -0.05) is 0 Å². The van der Waals surface area contributed by atoms with E-state index in [9.17, 15) is 18.4 Å². The van der Waals surface area contributed by atoms with Gasteiger partial charge in [0.1, 0.15) is 28.9 Å². The van der Waals surface area contributed by atoms with Gasteiger partial charge in [0, 0.05) is 17.7 Å². The molecule has 0 saturated carbocycles. The van der Waals surface area contributed by atoms with Crippen LogP contribution in [0.1, 0.15) is 20.7 Å². The summed E-state index contributed by atoms with van der Waals surface area (Å²) in [5.74, 6) is -1.96. The minimum Gasteiger partial charge on any atom is -0.497 e. The lowest BCUT2D eigenvalue weighted by Gasteiger charge is -2.13. The van der Waals surface area contributed by atoms with Crippen LogP contribution in [0.3, 0.4) is 0 Å². The van der Waals surface area contributed by atoms with Crippen molar-refractivity contribution in [1.82, 2.24) is 0 Å². The largest absolute Gasteiger partial charge is 0.497 e. The van der Waals surface area contributed by atoms with Crippen molar-refractivity contribution in [1.29, 1.82) is 0 Å². The van der Waals surface area contributed by atoms with E-state index in [1.54, 1.807) is 0 Å². The molecular weight excluding hydrogens is 422 g/mol. The van der Waals surface area contributed by atoms with E-state index < -0.39 is 23.4 Å². The molecule has 0 atom stereocenters. The van der Waals surface area contributed by atoms with Crippen LogP contribution in [0.15, 0.2) is 54.6 Å². The van der Waals surface area contributed by atoms with Gasteiger partial charge in [0.05, 0.1) is 38.3 Å². The molecule has 3 aromatic carbocycles. The Kier molecular flexibility index (Phi) is 6.89. The summed E-state index contributed by atoms with van der Waals surface area (Å²) in [6.07, 6.45) is 0. The Morgan fingerprint density at radius 1 is 0.688 bits per heavy atom. The number of carbonyl (C=O) groups is 2. The van der Waals surface area contributed by atoms with Crippen LogP contribution in [0.4, 0.5) is 20.2 Å². The van der Waals surface area contributed by atoms with E-state index in [1.807, 2.05) is 0 Å². The first kappa shape index (κ1) is 22.5. The van der Waals surface area contributed by atoms with Crippen LogP contribution >= 0.6 is 0 Å². The van der Waals surface area contributed by atoms with E-state index in [0.29, 0.717) is 11.5 Å². The summed E-state index contributed by atoms with van der Waals surface area (Å²) in [5.41, 5.74) is -0.0714. The zero-order valence-electron chi connectivity index (χ0n) is 17.5. The number of hydrogen-bond acceptors (Lipinski definition) is 5. The number of benzene rings is 3. The van der Waals surface area contributed by atoms with Crippen LogP contribution in [0, 0.1) is 11.6 Å². The van der Waals surface area contributed by atoms with E-state index in [0.717, 1.165) is 12.1 Å². The van der Waals surface area contributed by atoms with Gasteiger partial charge < -0.3 is 24.8 Å². The summed E-state index contributed by atoms with van der Waals surface area (Å²) in [6.45, 7) is 0. The van der Waals surface area contributed by atoms with Crippen molar-refractivity contribution >= 4 is 23.2 Å². The molecule has 166 valence electrons. The Morgan fingerprint density at radius 3 is 1.69 bits per heavy atom. The molecule has 3 rings (SSSR count). The van der Waals surface area contributed by atoms with Crippen molar-refractivity contribution in [3.05, 3.63) is 77.4 Å². The molecule has 0 heterocycles. The second kappa shape index (κ2) is 9.78. The number of ether oxygens (including phenoxy) is 3. The summed E-state index contributed by atoms with van der Waals surface area (Å²) in [6, 6.07) is 12.0. The minimum absolute atomic E-state index is 0.00873. The van der Waals surface area contributed by atoms with Crippen molar-refractivity contribution in [2.45, 2.75) is 0 Å². The molecule has 9 heteroatoms. The smallest absolute Gasteiger partial charge is 0.259 e. The lowest BCUT2D eigenvalue weighted by atomic mass is 10.1. The van der Waals surface area contributed by atoms with E-state index in [2.05, 4.69) is 10.6 Å². The van der Waals surface area contributed by atoms with Gasteiger partial charge in [-0.2, -0.15) is 0 Å². The third kappa shape index (κ3) is 4.94. The lowest BCUT2D eigenvalue weighted by molar-refractivity contribution is 0.102. The number of nitrogens with one attached hydrogen (secondary N) is 2. The van der Waals surface area contributed by atoms with Crippen molar-refractivity contribution < 1.29 is 32.6 Å². The van der Waals surface area contributed by atoms with Crippen molar-refractivity contribution in [2.75, 3.05) is 32.0 Å². The maximum Gasteiger partial charge on any atom is 0.259 e. The van der Waals surface area contributed by atoms with Crippen LogP contribution in [0.5, 0.6) is 17.2 Å². The molecule has 0 bridgehead atoms. The van der Waals surface area contributed by atoms with Crippen LogP contribution in [-0.2, 0) is 0 Å². The average Bonchev–Trinajstić information content (AvgIpc) is 2.80. The van der Waals surface area contributed by atoms with Gasteiger partial charge >= 0.3 is 0 Å². The number of methoxy groups -OCH3 is 3. The Bertz CT molecular complexity index is 1170. The molecule has 2 N–H and O–H groups in total. The van der Waals surface area contributed by atoms with Gasteiger partial charge in [0.2, 0.25) is 0 Å². The second-order valence-electron chi connectivity index (χ2n) is 6.51. The van der Waals surface area contributed by atoms with Crippen molar-refractivity contribution in [2.24, 2.45) is 0 Å². The monoisotopic (exact) mass is 442 g/mol. The minimum atomic E-state index is -0.698. The van der Waals surface area contributed by atoms with E-state index in [1.165, 1.54) is 63.8 Å². The van der Waals surface area contributed by atoms with E-state index in [4.69, 9.17) is 14.2 Å². The topological polar surface area (TPSA) is 85.9 Å². The molecular formula is C23H20F2N2O5. The van der Waals surface area contributed by atoms with Crippen LogP contribution in [0.2, 0.25) is 0 Å². The first-order valence-electron chi connectivity index (χ1n) is 9.34. The molecule has 2 amide bonds. The van der Waals surface area contributed by atoms with Gasteiger partial charge in [-0.15, -0.1) is 0 Å². The zero-order valence-corrected chi connectivity index (χ0v) is 17.5. The molecule has 0 aromatic heterocycles. The summed E-state index contributed by atoms with van der Waals surface area (Å²) in [5, 5.41) is 4.87. The Hall–Kier alpha value is -4.14. The average molecular weight is 442 g/mol. The predicted molar refractivity (Wildman–Crippen MR) is 115 cm³/mol. The Morgan fingerprint density at radius 2 is 1.22 bits per heavy atom. The highest BCUT2D eigenvalue weighted by molar-refractivity contribution is 6.10. The summed E-state index contributed by atoms with van der Waals surface area (Å²) < 4.78 is 43.4. The molecule has 0 saturated heterocycles. The number of amides is 2. The van der Waals surface area contributed by atoms with Crippen molar-refractivity contribution in [3.8, 4) is 17.2 Å². The van der Waals surface area contributed by atoms with Gasteiger partial charge in [0.15, 0.2) is 0 Å². The quantitative estimate of drug-likeness (QED) is 0.563. The molecule has 0 aliphatic rings. The highest BCUT2D eigenvalue weighted by atomic mass is 19.1. The zero-order chi connectivity index (χ0) is 23.3. The van der Waals surface area contributed by atoms with E-state index >= 15 is 0 Å². The summed E-state index contributed by atoms with van der Waals surface area (Å²) >= 11 is 0. The maximum absolute atomic E-state index is 14.2. The molecule has 0 radical (unpaired) electrons. The first-order chi connectivity index (χ1) is 15.4. The lowest BCUT2D eigenvalue weighted by Crippen LogP contribution is -2.17. The maximum atomic E-state index is 14.2. The van der Waals surface area contributed by atoms with E-state index in [-0.39, 0.29) is 28.3 Å². The van der Waals surface area contributed by atoms with Crippen LogP contribution < -0.4 is 24.8 Å². The molecule has 7 nitrogen and oxygen atoms in total. The van der Waals surface area contributed by atoms with Crippen LogP contribution in [0.25, 0.3) is 0 Å². The number of halogens is 2. The second-order valence-corrected chi connectivity index (χ2v) is 6.51. The third-order valence-corrected chi connectivity index (χ3v) is 4.56. The first-order valence-corrected chi connectivity index (χ1v) is 9.34. The molecule has 3 aromatic rings. The molecule has 0 unspecified atom stereocenters. The number of carbonyl (C=O) groups excluding carboxylic acids is 2. The standard InChI is InChI=1S/C23H20F2N2O5/c1-30-14-5-7-19(17(24)11-14)26-22(28)13-4-9-21(32-3)16(10-13)23(29)27-20-8-6-15(31-2)12-18(20)25/h4-12H,1-3H3,(H,26,28)(H,27,29). The van der Waals surface area contributed by atoms with Gasteiger partial charge in [-0.3, -0.25) is 9.59 Å². The number of anilines is 2. The summed E-state index contributed by atoms with van der Waals surface area (Å²) in [7, 11) is 4.15. The number of rotatable bonds is 7. The summed E-state index contributed by atoms with van der Waals surface area (Å²) in [4.78, 5) is 25.4. The Balaban J connectivity index is 1.84. The SMILES string of the molecule is COc1ccc(NC(=O)c2ccc(OC)c(C(=O)Nc3ccc(OC)cc3F)c2)c(F)c1. The van der Waals surface area contributed by atoms with Gasteiger partial charge in [0.25, 0.3) is 11.8 Å². The highest BCUT2D eigenvalue weighted by Gasteiger charge is 2.18. The molecule has 0 spiro atoms. The number of hydrogen-bond donors (Lipinski definition) is 2. The fraction of sp³-hybridized carbons (Fsp3) is 0.130. The van der Waals surface area contributed by atoms with Crippen LogP contribution in [-0.4, -0.2) is 33.1 Å². The molecule has 0 fully saturated rings. The fourth-order valence-electron chi connectivity index (χ4n) is 2.86. The fourth-order valence-corrected chi connectivity index (χ4v) is 2.86. The molecule has 0 aliphatic heterocycles. The Labute approximate surface area is 182 Å². The molecule has 0 aliphatic carbocycles. The third-order valence-electron chi connectivity index (χ3n) is 4.56. The highest BCUT2D eigenvalue weighted by Crippen LogP contribution is 2.26. The predicted octanol–water partition coefficient (Wildman–Crippen LogP) is 4.50. The normalized spacial score (nSPS) is 10.3. The van der Waals surface area contributed by atoms with Crippen molar-refractivity contribution in [3.63, 3.8) is 0 Å². The van der Waals surface area contributed by atoms with Gasteiger partial charge in [-0.05, 0) is 42.5 Å². The van der Waals surface area contributed by atoms with Gasteiger partial charge in [-0.25, -0.2) is 8.78 Å². The molecule has 32 heavy (non-hydrogen) atoms.